The number of hydrogen-bond acceptors (Lipinski definition) is 5. The normalized spacial score (nSPS) is 13.7. The van der Waals surface area contributed by atoms with Crippen LogP contribution in [-0.2, 0) is 11.3 Å². The second-order valence-corrected chi connectivity index (χ2v) is 7.88. The molecule has 31 heavy (non-hydrogen) atoms. The molecule has 1 aliphatic heterocycles. The van der Waals surface area contributed by atoms with Crippen molar-refractivity contribution in [2.45, 2.75) is 40.7 Å². The molecule has 0 saturated carbocycles. The fraction of sp³-hybridized carbons (Fsp3) is 0.500. The zero-order valence-corrected chi connectivity index (χ0v) is 19.0. The lowest BCUT2D eigenvalue weighted by Gasteiger charge is -2.31. The van der Waals surface area contributed by atoms with E-state index >= 15 is 0 Å². The van der Waals surface area contributed by atoms with Gasteiger partial charge in [-0.3, -0.25) is 9.59 Å². The highest BCUT2D eigenvalue weighted by Gasteiger charge is 2.25. The maximum Gasteiger partial charge on any atom is 0.293 e. The number of rotatable bonds is 6. The van der Waals surface area contributed by atoms with E-state index in [1.807, 2.05) is 4.90 Å². The van der Waals surface area contributed by atoms with E-state index in [0.717, 1.165) is 18.7 Å². The number of carbonyl (C=O) groups excluding carboxylic acids is 1. The van der Waals surface area contributed by atoms with Crippen LogP contribution in [0.1, 0.15) is 39.7 Å². The summed E-state index contributed by atoms with van der Waals surface area (Å²) in [5.74, 6) is -0.412. The number of nitrogens with zero attached hydrogens (tertiary/aromatic N) is 3. The molecule has 0 unspecified atom stereocenters. The molecule has 0 bridgehead atoms. The van der Waals surface area contributed by atoms with Crippen LogP contribution in [0.3, 0.4) is 0 Å². The average molecular weight is 498 g/mol. The molecule has 3 N–H and O–H groups in total. The van der Waals surface area contributed by atoms with Crippen molar-refractivity contribution < 1.29 is 9.18 Å². The number of amides is 1. The van der Waals surface area contributed by atoms with Crippen molar-refractivity contribution in [3.05, 3.63) is 56.8 Å². The maximum atomic E-state index is 13.0. The van der Waals surface area contributed by atoms with E-state index < -0.39 is 0 Å². The van der Waals surface area contributed by atoms with E-state index in [1.54, 1.807) is 22.9 Å². The van der Waals surface area contributed by atoms with Gasteiger partial charge in [0.1, 0.15) is 10.4 Å². The molecule has 1 fully saturated rings. The molecular weight excluding hydrogens is 465 g/mol. The topological polar surface area (TPSA) is 93.2 Å². The van der Waals surface area contributed by atoms with Crippen LogP contribution in [0.25, 0.3) is 0 Å². The van der Waals surface area contributed by atoms with Gasteiger partial charge >= 0.3 is 0 Å². The second-order valence-electron chi connectivity index (χ2n) is 7.07. The monoisotopic (exact) mass is 497 g/mol. The minimum atomic E-state index is -0.315. The van der Waals surface area contributed by atoms with Gasteiger partial charge in [-0.1, -0.05) is 33.4 Å². The number of halogens is 2. The van der Waals surface area contributed by atoms with Gasteiger partial charge in [0.25, 0.3) is 5.56 Å². The molecule has 0 radical (unpaired) electrons. The Morgan fingerprint density at radius 1 is 1.23 bits per heavy atom. The highest BCUT2D eigenvalue weighted by atomic mass is 79.9. The first kappa shape index (κ1) is 26.8. The summed E-state index contributed by atoms with van der Waals surface area (Å²) >= 11 is 3.34. The van der Waals surface area contributed by atoms with E-state index in [1.165, 1.54) is 12.1 Å². The zero-order chi connectivity index (χ0) is 22.1. The van der Waals surface area contributed by atoms with Gasteiger partial charge in [-0.2, -0.15) is 0 Å². The molecule has 1 amide bonds. The highest BCUT2D eigenvalue weighted by molar-refractivity contribution is 9.10. The molecule has 9 heteroatoms. The molecular formula is C22H33BrFN5O2. The third kappa shape index (κ3) is 8.06. The van der Waals surface area contributed by atoms with Gasteiger partial charge in [0.05, 0.1) is 6.54 Å². The third-order valence-corrected chi connectivity index (χ3v) is 5.27. The van der Waals surface area contributed by atoms with E-state index in [9.17, 15) is 14.0 Å². The fourth-order valence-corrected chi connectivity index (χ4v) is 3.64. The summed E-state index contributed by atoms with van der Waals surface area (Å²) in [5.41, 5.74) is 5.95. The third-order valence-electron chi connectivity index (χ3n) is 4.89. The van der Waals surface area contributed by atoms with Crippen molar-refractivity contribution in [3.63, 3.8) is 0 Å². The maximum absolute atomic E-state index is 13.0. The Morgan fingerprint density at radius 3 is 2.29 bits per heavy atom. The molecule has 3 rings (SSSR count). The minimum Gasteiger partial charge on any atom is -0.369 e. The van der Waals surface area contributed by atoms with Crippen LogP contribution in [0.2, 0.25) is 0 Å². The number of benzene rings is 1. The Bertz CT molecular complexity index is 878. The number of hydrogen-bond donors (Lipinski definition) is 2. The molecule has 0 atom stereocenters. The fourth-order valence-electron chi connectivity index (χ4n) is 3.23. The molecule has 0 spiro atoms. The number of primary amides is 1. The number of carbonyl (C=O) groups is 1. The van der Waals surface area contributed by atoms with Gasteiger partial charge in [-0.15, -0.1) is 0 Å². The zero-order valence-electron chi connectivity index (χ0n) is 17.4. The number of anilines is 1. The SMILES string of the molecule is C.CCNCC.NC(=O)C1CCN(c2nc(Br)cn(Cc3ccc(F)cc3)c2=O)CC1. The Hall–Kier alpha value is -2.26. The minimum absolute atomic E-state index is 0. The summed E-state index contributed by atoms with van der Waals surface area (Å²) < 4.78 is 15.1. The summed E-state index contributed by atoms with van der Waals surface area (Å²) in [4.78, 5) is 30.3. The van der Waals surface area contributed by atoms with Gasteiger partial charge < -0.3 is 20.5 Å². The summed E-state index contributed by atoms with van der Waals surface area (Å²) in [6.45, 7) is 7.83. The summed E-state index contributed by atoms with van der Waals surface area (Å²) in [6, 6.07) is 6.03. The van der Waals surface area contributed by atoms with Gasteiger partial charge in [0, 0.05) is 25.2 Å². The van der Waals surface area contributed by atoms with Crippen LogP contribution in [0.5, 0.6) is 0 Å². The first-order valence-electron chi connectivity index (χ1n) is 10.1. The lowest BCUT2D eigenvalue weighted by atomic mass is 9.96. The molecule has 0 aliphatic carbocycles. The van der Waals surface area contributed by atoms with Crippen LogP contribution in [0, 0.1) is 11.7 Å². The standard InChI is InChI=1S/C17H18BrFN4O2.C4H11N.CH4/c18-14-10-23(9-11-1-3-13(19)4-2-11)17(25)16(21-14)22-7-5-12(6-8-22)15(20)24;1-3-5-4-2;/h1-4,10,12H,5-9H2,(H2,20,24);5H,3-4H2,1-2H3;1H4. The lowest BCUT2D eigenvalue weighted by Crippen LogP contribution is -2.42. The van der Waals surface area contributed by atoms with Gasteiger partial charge in [-0.25, -0.2) is 9.37 Å². The van der Waals surface area contributed by atoms with E-state index in [-0.39, 0.29) is 30.6 Å². The number of nitrogens with one attached hydrogen (secondary N) is 1. The Kier molecular flexibility index (Phi) is 11.4. The van der Waals surface area contributed by atoms with Crippen molar-refractivity contribution in [2.75, 3.05) is 31.1 Å². The molecule has 2 aromatic rings. The van der Waals surface area contributed by atoms with Crippen molar-refractivity contribution in [2.24, 2.45) is 11.7 Å². The molecule has 172 valence electrons. The van der Waals surface area contributed by atoms with E-state index in [4.69, 9.17) is 5.73 Å². The van der Waals surface area contributed by atoms with Crippen LogP contribution in [0.4, 0.5) is 10.2 Å². The Labute approximate surface area is 192 Å². The van der Waals surface area contributed by atoms with Crippen LogP contribution >= 0.6 is 15.9 Å². The van der Waals surface area contributed by atoms with Crippen molar-refractivity contribution in [3.8, 4) is 0 Å². The largest absolute Gasteiger partial charge is 0.369 e. The molecule has 1 saturated heterocycles. The summed E-state index contributed by atoms with van der Waals surface area (Å²) in [5, 5.41) is 3.11. The number of nitrogens with two attached hydrogens (primary N) is 1. The number of aromatic nitrogens is 2. The quantitative estimate of drug-likeness (QED) is 0.639. The van der Waals surface area contributed by atoms with Crippen molar-refractivity contribution >= 4 is 27.7 Å². The lowest BCUT2D eigenvalue weighted by molar-refractivity contribution is -0.122. The second kappa shape index (κ2) is 13.2. The number of piperidine rings is 1. The smallest absolute Gasteiger partial charge is 0.293 e. The molecule has 1 aromatic heterocycles. The van der Waals surface area contributed by atoms with E-state index in [2.05, 4.69) is 40.1 Å². The Morgan fingerprint density at radius 2 is 1.81 bits per heavy atom. The molecule has 1 aliphatic rings. The summed E-state index contributed by atoms with van der Waals surface area (Å²) in [6.07, 6.45) is 2.84. The molecule has 7 nitrogen and oxygen atoms in total. The van der Waals surface area contributed by atoms with Crippen LogP contribution < -0.4 is 21.5 Å². The summed E-state index contributed by atoms with van der Waals surface area (Å²) in [7, 11) is 0. The first-order valence-corrected chi connectivity index (χ1v) is 10.9. The predicted octanol–water partition coefficient (Wildman–Crippen LogP) is 3.15. The molecule has 2 heterocycles. The highest BCUT2D eigenvalue weighted by Crippen LogP contribution is 2.21. The van der Waals surface area contributed by atoms with Gasteiger partial charge in [0.15, 0.2) is 5.82 Å². The average Bonchev–Trinajstić information content (AvgIpc) is 2.73. The van der Waals surface area contributed by atoms with Crippen molar-refractivity contribution in [1.82, 2.24) is 14.9 Å². The van der Waals surface area contributed by atoms with Crippen molar-refractivity contribution in [1.29, 1.82) is 0 Å². The first-order chi connectivity index (χ1) is 14.3. The van der Waals surface area contributed by atoms with E-state index in [0.29, 0.717) is 42.9 Å². The van der Waals surface area contributed by atoms with Gasteiger partial charge in [0.2, 0.25) is 5.91 Å². The Balaban J connectivity index is 0.000000721. The van der Waals surface area contributed by atoms with Gasteiger partial charge in [-0.05, 0) is 59.6 Å². The predicted molar refractivity (Wildman–Crippen MR) is 127 cm³/mol. The van der Waals surface area contributed by atoms with Crippen LogP contribution in [-0.4, -0.2) is 41.6 Å². The molecule has 1 aromatic carbocycles. The van der Waals surface area contributed by atoms with Crippen LogP contribution in [0.15, 0.2) is 39.9 Å².